The van der Waals surface area contributed by atoms with Gasteiger partial charge in [-0.25, -0.2) is 8.78 Å². The van der Waals surface area contributed by atoms with Crippen LogP contribution in [-0.4, -0.2) is 12.6 Å². The van der Waals surface area contributed by atoms with Crippen molar-refractivity contribution in [1.29, 1.82) is 5.41 Å². The van der Waals surface area contributed by atoms with Gasteiger partial charge >= 0.3 is 0 Å². The fourth-order valence-corrected chi connectivity index (χ4v) is 1.87. The van der Waals surface area contributed by atoms with Gasteiger partial charge in [0.25, 0.3) is 0 Å². The summed E-state index contributed by atoms with van der Waals surface area (Å²) in [6.45, 7) is 0.0921. The van der Waals surface area contributed by atoms with Gasteiger partial charge in [-0.1, -0.05) is 0 Å². The Balaban J connectivity index is 1.93. The summed E-state index contributed by atoms with van der Waals surface area (Å²) in [5.41, 5.74) is 5.14. The average molecular weight is 292 g/mol. The molecule has 7 heteroatoms. The molecule has 2 aromatic carbocycles. The molecule has 0 unspecified atom stereocenters. The summed E-state index contributed by atoms with van der Waals surface area (Å²) in [6.07, 6.45) is 0. The fraction of sp³-hybridized carbons (Fsp3) is 0.0714. The van der Waals surface area contributed by atoms with Crippen LogP contribution in [0.5, 0.6) is 23.0 Å². The minimum absolute atomic E-state index is 0.0527. The molecule has 2 aromatic rings. The molecular weight excluding hydrogens is 282 g/mol. The normalized spacial score (nSPS) is 12.3. The van der Waals surface area contributed by atoms with E-state index < -0.39 is 23.2 Å². The standard InChI is InChI=1S/C14H10F2N2O3/c15-9-3-7(14(17)18)4-10(16)13(9)21-8-1-2-11-12(5-8)20-6-19-11/h1-5H,6H2,(H3,17,18). The van der Waals surface area contributed by atoms with Gasteiger partial charge in [0.05, 0.1) is 0 Å². The van der Waals surface area contributed by atoms with Crippen LogP contribution in [0.1, 0.15) is 5.56 Å². The van der Waals surface area contributed by atoms with Gasteiger partial charge in [0.15, 0.2) is 28.9 Å². The first kappa shape index (κ1) is 13.2. The molecule has 1 aliphatic rings. The van der Waals surface area contributed by atoms with E-state index in [1.165, 1.54) is 12.1 Å². The van der Waals surface area contributed by atoms with Gasteiger partial charge in [-0.05, 0) is 24.3 Å². The number of nitrogens with two attached hydrogens (primary N) is 1. The zero-order valence-corrected chi connectivity index (χ0v) is 10.7. The van der Waals surface area contributed by atoms with E-state index in [-0.39, 0.29) is 18.1 Å². The molecule has 0 saturated heterocycles. The van der Waals surface area contributed by atoms with Crippen LogP contribution < -0.4 is 19.9 Å². The Hall–Kier alpha value is -2.83. The highest BCUT2D eigenvalue weighted by atomic mass is 19.1. The lowest BCUT2D eigenvalue weighted by atomic mass is 10.2. The molecule has 0 atom stereocenters. The van der Waals surface area contributed by atoms with Crippen LogP contribution in [0.2, 0.25) is 0 Å². The number of hydrogen-bond donors (Lipinski definition) is 2. The van der Waals surface area contributed by atoms with Crippen molar-refractivity contribution in [1.82, 2.24) is 0 Å². The summed E-state index contributed by atoms with van der Waals surface area (Å²) in [7, 11) is 0. The quantitative estimate of drug-likeness (QED) is 0.673. The first-order chi connectivity index (χ1) is 10.0. The molecule has 3 rings (SSSR count). The summed E-state index contributed by atoms with van der Waals surface area (Å²) in [5, 5.41) is 7.18. The Labute approximate surface area is 118 Å². The minimum Gasteiger partial charge on any atom is -0.454 e. The van der Waals surface area contributed by atoms with E-state index in [0.717, 1.165) is 12.1 Å². The van der Waals surface area contributed by atoms with E-state index in [4.69, 9.17) is 25.4 Å². The predicted octanol–water partition coefficient (Wildman–Crippen LogP) is 2.77. The first-order valence-corrected chi connectivity index (χ1v) is 5.95. The molecule has 108 valence electrons. The molecule has 0 aliphatic carbocycles. The highest BCUT2D eigenvalue weighted by Gasteiger charge is 2.18. The van der Waals surface area contributed by atoms with Gasteiger partial charge in [0, 0.05) is 11.6 Å². The largest absolute Gasteiger partial charge is 0.454 e. The number of ether oxygens (including phenoxy) is 3. The fourth-order valence-electron chi connectivity index (χ4n) is 1.87. The second kappa shape index (κ2) is 4.93. The lowest BCUT2D eigenvalue weighted by Gasteiger charge is -2.10. The Morgan fingerprint density at radius 3 is 2.43 bits per heavy atom. The van der Waals surface area contributed by atoms with Crippen molar-refractivity contribution in [3.8, 4) is 23.0 Å². The lowest BCUT2D eigenvalue weighted by molar-refractivity contribution is 0.174. The third kappa shape index (κ3) is 2.45. The van der Waals surface area contributed by atoms with Crippen LogP contribution in [0.3, 0.4) is 0 Å². The molecule has 0 saturated carbocycles. The molecule has 1 heterocycles. The third-order valence-electron chi connectivity index (χ3n) is 2.87. The predicted molar refractivity (Wildman–Crippen MR) is 70.0 cm³/mol. The maximum absolute atomic E-state index is 13.9. The highest BCUT2D eigenvalue weighted by molar-refractivity contribution is 5.95. The molecule has 5 nitrogen and oxygen atoms in total. The molecule has 0 fully saturated rings. The Bertz CT molecular complexity index is 711. The van der Waals surface area contributed by atoms with E-state index >= 15 is 0 Å². The number of rotatable bonds is 3. The van der Waals surface area contributed by atoms with Crippen LogP contribution in [0.25, 0.3) is 0 Å². The number of amidine groups is 1. The molecule has 0 aromatic heterocycles. The van der Waals surface area contributed by atoms with Crippen LogP contribution in [0.15, 0.2) is 30.3 Å². The second-order valence-electron chi connectivity index (χ2n) is 4.30. The van der Waals surface area contributed by atoms with Crippen molar-refractivity contribution in [2.24, 2.45) is 5.73 Å². The van der Waals surface area contributed by atoms with E-state index in [1.807, 2.05) is 0 Å². The van der Waals surface area contributed by atoms with Crippen molar-refractivity contribution in [3.05, 3.63) is 47.5 Å². The van der Waals surface area contributed by atoms with Crippen molar-refractivity contribution in [2.45, 2.75) is 0 Å². The number of hydrogen-bond acceptors (Lipinski definition) is 4. The monoisotopic (exact) mass is 292 g/mol. The minimum atomic E-state index is -0.946. The lowest BCUT2D eigenvalue weighted by Crippen LogP contribution is -2.12. The molecule has 0 bridgehead atoms. The van der Waals surface area contributed by atoms with E-state index in [9.17, 15) is 8.78 Å². The smallest absolute Gasteiger partial charge is 0.231 e. The van der Waals surface area contributed by atoms with Crippen LogP contribution >= 0.6 is 0 Å². The zero-order chi connectivity index (χ0) is 15.0. The Morgan fingerprint density at radius 2 is 1.76 bits per heavy atom. The highest BCUT2D eigenvalue weighted by Crippen LogP contribution is 2.37. The van der Waals surface area contributed by atoms with Gasteiger partial charge in [-0.15, -0.1) is 0 Å². The van der Waals surface area contributed by atoms with E-state index in [0.29, 0.717) is 11.5 Å². The first-order valence-electron chi connectivity index (χ1n) is 5.95. The van der Waals surface area contributed by atoms with Crippen molar-refractivity contribution < 1.29 is 23.0 Å². The summed E-state index contributed by atoms with van der Waals surface area (Å²) in [6, 6.07) is 6.43. The summed E-state index contributed by atoms with van der Waals surface area (Å²) in [4.78, 5) is 0. The van der Waals surface area contributed by atoms with Crippen molar-refractivity contribution in [2.75, 3.05) is 6.79 Å². The molecule has 0 spiro atoms. The molecule has 21 heavy (non-hydrogen) atoms. The maximum atomic E-state index is 13.9. The number of nitrogens with one attached hydrogen (secondary N) is 1. The number of benzene rings is 2. The number of fused-ring (bicyclic) bond motifs is 1. The summed E-state index contributed by atoms with van der Waals surface area (Å²) in [5.74, 6) is -1.71. The SMILES string of the molecule is N=C(N)c1cc(F)c(Oc2ccc3c(c2)OCO3)c(F)c1. The third-order valence-corrected chi connectivity index (χ3v) is 2.87. The van der Waals surface area contributed by atoms with Crippen LogP contribution in [0.4, 0.5) is 8.78 Å². The van der Waals surface area contributed by atoms with Gasteiger partial charge in [-0.2, -0.15) is 0 Å². The van der Waals surface area contributed by atoms with Gasteiger partial charge in [-0.3, -0.25) is 5.41 Å². The molecular formula is C14H10F2N2O3. The Kier molecular flexibility index (Phi) is 3.09. The van der Waals surface area contributed by atoms with E-state index in [2.05, 4.69) is 0 Å². The van der Waals surface area contributed by atoms with Gasteiger partial charge < -0.3 is 19.9 Å². The van der Waals surface area contributed by atoms with Gasteiger partial charge in [0.2, 0.25) is 6.79 Å². The summed E-state index contributed by atoms with van der Waals surface area (Å²) >= 11 is 0. The van der Waals surface area contributed by atoms with Crippen LogP contribution in [0, 0.1) is 17.0 Å². The molecule has 0 radical (unpaired) electrons. The van der Waals surface area contributed by atoms with Crippen LogP contribution in [-0.2, 0) is 0 Å². The molecule has 1 aliphatic heterocycles. The maximum Gasteiger partial charge on any atom is 0.231 e. The number of halogens is 2. The zero-order valence-electron chi connectivity index (χ0n) is 10.7. The second-order valence-corrected chi connectivity index (χ2v) is 4.30. The topological polar surface area (TPSA) is 77.6 Å². The summed E-state index contributed by atoms with van der Waals surface area (Å²) < 4.78 is 43.2. The molecule has 0 amide bonds. The Morgan fingerprint density at radius 1 is 1.10 bits per heavy atom. The molecule has 3 N–H and O–H groups in total. The van der Waals surface area contributed by atoms with Gasteiger partial charge in [0.1, 0.15) is 11.6 Å². The van der Waals surface area contributed by atoms with Crippen molar-refractivity contribution >= 4 is 5.84 Å². The van der Waals surface area contributed by atoms with E-state index in [1.54, 1.807) is 6.07 Å². The van der Waals surface area contributed by atoms with Crippen molar-refractivity contribution in [3.63, 3.8) is 0 Å². The number of nitrogen functional groups attached to an aromatic ring is 1. The average Bonchev–Trinajstić information content (AvgIpc) is 2.90.